The maximum Gasteiger partial charge on any atom is 0.303 e. The molecule has 2 rings (SSSR count). The van der Waals surface area contributed by atoms with Gasteiger partial charge < -0.3 is 14.8 Å². The fraction of sp³-hybridized carbons (Fsp3) is 0.385. The molecule has 1 heterocycles. The highest BCUT2D eigenvalue weighted by atomic mass is 16.5. The van der Waals surface area contributed by atoms with Crippen molar-refractivity contribution in [3.63, 3.8) is 0 Å². The van der Waals surface area contributed by atoms with Gasteiger partial charge in [0.1, 0.15) is 11.6 Å². The number of carboxylic acid groups (broad SMARTS) is 1. The van der Waals surface area contributed by atoms with Crippen molar-refractivity contribution in [1.82, 2.24) is 9.97 Å². The molecule has 18 heavy (non-hydrogen) atoms. The van der Waals surface area contributed by atoms with E-state index in [9.17, 15) is 4.79 Å². The normalized spacial score (nSPS) is 12.6. The van der Waals surface area contributed by atoms with Gasteiger partial charge in [-0.05, 0) is 18.1 Å². The first-order valence-corrected chi connectivity index (χ1v) is 5.83. The Morgan fingerprint density at radius 3 is 3.00 bits per heavy atom. The van der Waals surface area contributed by atoms with Gasteiger partial charge in [-0.15, -0.1) is 0 Å². The summed E-state index contributed by atoms with van der Waals surface area (Å²) in [5.41, 5.74) is 1.78. The number of rotatable bonds is 5. The number of nitrogens with zero attached hydrogens (tertiary/aromatic N) is 1. The molecule has 0 fully saturated rings. The zero-order valence-corrected chi connectivity index (χ0v) is 10.4. The lowest BCUT2D eigenvalue weighted by Crippen LogP contribution is -2.07. The van der Waals surface area contributed by atoms with Crippen LogP contribution in [0.5, 0.6) is 5.75 Å². The van der Waals surface area contributed by atoms with Gasteiger partial charge in [-0.25, -0.2) is 4.98 Å². The molecule has 1 aromatic heterocycles. The molecule has 0 saturated carbocycles. The molecule has 5 nitrogen and oxygen atoms in total. The fourth-order valence-corrected chi connectivity index (χ4v) is 1.97. The van der Waals surface area contributed by atoms with Crippen molar-refractivity contribution in [1.29, 1.82) is 0 Å². The molecular weight excluding hydrogens is 232 g/mol. The maximum atomic E-state index is 10.6. The van der Waals surface area contributed by atoms with Gasteiger partial charge >= 0.3 is 5.97 Å². The van der Waals surface area contributed by atoms with E-state index in [2.05, 4.69) is 9.97 Å². The van der Waals surface area contributed by atoms with Crippen molar-refractivity contribution in [2.24, 2.45) is 5.92 Å². The van der Waals surface area contributed by atoms with Crippen LogP contribution in [0.2, 0.25) is 0 Å². The summed E-state index contributed by atoms with van der Waals surface area (Å²) in [5.74, 6) is 0.869. The van der Waals surface area contributed by atoms with Gasteiger partial charge in [0.15, 0.2) is 0 Å². The van der Waals surface area contributed by atoms with Gasteiger partial charge in [-0.1, -0.05) is 6.92 Å². The molecule has 1 atom stereocenters. The van der Waals surface area contributed by atoms with Crippen LogP contribution < -0.4 is 4.74 Å². The minimum Gasteiger partial charge on any atom is -0.497 e. The molecule has 0 radical (unpaired) electrons. The van der Waals surface area contributed by atoms with Gasteiger partial charge in [0.25, 0.3) is 0 Å². The van der Waals surface area contributed by atoms with Crippen molar-refractivity contribution in [2.75, 3.05) is 7.11 Å². The molecule has 0 saturated heterocycles. The Labute approximate surface area is 105 Å². The summed E-state index contributed by atoms with van der Waals surface area (Å²) in [6, 6.07) is 5.62. The predicted molar refractivity (Wildman–Crippen MR) is 67.8 cm³/mol. The summed E-state index contributed by atoms with van der Waals surface area (Å²) in [5, 5.41) is 8.72. The fourth-order valence-electron chi connectivity index (χ4n) is 1.97. The lowest BCUT2D eigenvalue weighted by molar-refractivity contribution is -0.137. The highest BCUT2D eigenvalue weighted by Gasteiger charge is 2.11. The number of benzene rings is 1. The zero-order chi connectivity index (χ0) is 13.1. The molecule has 0 bridgehead atoms. The summed E-state index contributed by atoms with van der Waals surface area (Å²) >= 11 is 0. The third kappa shape index (κ3) is 2.80. The van der Waals surface area contributed by atoms with E-state index in [1.807, 2.05) is 25.1 Å². The number of fused-ring (bicyclic) bond motifs is 1. The molecule has 0 aliphatic rings. The van der Waals surface area contributed by atoms with Crippen LogP contribution in [0.25, 0.3) is 11.0 Å². The number of hydrogen-bond acceptors (Lipinski definition) is 3. The topological polar surface area (TPSA) is 75.2 Å². The highest BCUT2D eigenvalue weighted by Crippen LogP contribution is 2.20. The molecule has 2 aromatic rings. The van der Waals surface area contributed by atoms with E-state index in [1.54, 1.807) is 7.11 Å². The number of carbonyl (C=O) groups is 1. The highest BCUT2D eigenvalue weighted by molar-refractivity contribution is 5.76. The quantitative estimate of drug-likeness (QED) is 0.850. The van der Waals surface area contributed by atoms with Crippen LogP contribution in [0.15, 0.2) is 18.2 Å². The number of imidazole rings is 1. The Hall–Kier alpha value is -2.04. The van der Waals surface area contributed by atoms with E-state index in [0.29, 0.717) is 6.42 Å². The third-order valence-corrected chi connectivity index (χ3v) is 2.80. The minimum absolute atomic E-state index is 0.0601. The Morgan fingerprint density at radius 1 is 1.56 bits per heavy atom. The first-order valence-electron chi connectivity index (χ1n) is 5.83. The monoisotopic (exact) mass is 248 g/mol. The second-order valence-electron chi connectivity index (χ2n) is 4.47. The van der Waals surface area contributed by atoms with Gasteiger partial charge in [-0.2, -0.15) is 0 Å². The molecule has 0 aliphatic carbocycles. The maximum absolute atomic E-state index is 10.6. The standard InChI is InChI=1S/C13H16N2O3/c1-8(6-13(16)17)5-12-14-10-4-3-9(18-2)7-11(10)15-12/h3-4,7-8H,5-6H2,1-2H3,(H,14,15)(H,16,17). The number of aromatic amines is 1. The van der Waals surface area contributed by atoms with Gasteiger partial charge in [0.2, 0.25) is 0 Å². The molecule has 0 aliphatic heterocycles. The van der Waals surface area contributed by atoms with E-state index < -0.39 is 5.97 Å². The predicted octanol–water partition coefficient (Wildman–Crippen LogP) is 2.22. The van der Waals surface area contributed by atoms with Crippen molar-refractivity contribution in [3.05, 3.63) is 24.0 Å². The van der Waals surface area contributed by atoms with E-state index >= 15 is 0 Å². The molecule has 2 N–H and O–H groups in total. The van der Waals surface area contributed by atoms with E-state index in [4.69, 9.17) is 9.84 Å². The van der Waals surface area contributed by atoms with Crippen molar-refractivity contribution < 1.29 is 14.6 Å². The first kappa shape index (κ1) is 12.4. The van der Waals surface area contributed by atoms with E-state index in [-0.39, 0.29) is 12.3 Å². The first-order chi connectivity index (χ1) is 8.58. The summed E-state index contributed by atoms with van der Waals surface area (Å²) in [7, 11) is 1.62. The second-order valence-corrected chi connectivity index (χ2v) is 4.47. The molecule has 1 unspecified atom stereocenters. The molecule has 1 aromatic carbocycles. The van der Waals surface area contributed by atoms with Crippen LogP contribution in [-0.4, -0.2) is 28.2 Å². The number of H-pyrrole nitrogens is 1. The number of ether oxygens (including phenoxy) is 1. The lowest BCUT2D eigenvalue weighted by atomic mass is 10.0. The molecular formula is C13H16N2O3. The van der Waals surface area contributed by atoms with Gasteiger partial charge in [-0.3, -0.25) is 4.79 Å². The van der Waals surface area contributed by atoms with Gasteiger partial charge in [0.05, 0.1) is 18.1 Å². The van der Waals surface area contributed by atoms with Gasteiger partial charge in [0, 0.05) is 18.9 Å². The smallest absolute Gasteiger partial charge is 0.303 e. The third-order valence-electron chi connectivity index (χ3n) is 2.80. The average molecular weight is 248 g/mol. The SMILES string of the molecule is COc1ccc2nc(CC(C)CC(=O)O)[nH]c2c1. The van der Waals surface area contributed by atoms with Crippen LogP contribution in [0.4, 0.5) is 0 Å². The summed E-state index contributed by atoms with van der Waals surface area (Å²) in [4.78, 5) is 18.2. The largest absolute Gasteiger partial charge is 0.497 e. The van der Waals surface area contributed by atoms with Crippen molar-refractivity contribution in [3.8, 4) is 5.75 Å². The Balaban J connectivity index is 2.17. The number of carboxylic acids is 1. The van der Waals surface area contributed by atoms with Crippen LogP contribution in [0.1, 0.15) is 19.2 Å². The Kier molecular flexibility index (Phi) is 3.50. The van der Waals surface area contributed by atoms with Crippen LogP contribution in [0, 0.1) is 5.92 Å². The summed E-state index contributed by atoms with van der Waals surface area (Å²) in [6.45, 7) is 1.90. The minimum atomic E-state index is -0.778. The molecule has 96 valence electrons. The Morgan fingerprint density at radius 2 is 2.33 bits per heavy atom. The van der Waals surface area contributed by atoms with Crippen LogP contribution in [0.3, 0.4) is 0 Å². The van der Waals surface area contributed by atoms with E-state index in [0.717, 1.165) is 22.6 Å². The summed E-state index contributed by atoms with van der Waals surface area (Å²) < 4.78 is 5.14. The summed E-state index contributed by atoms with van der Waals surface area (Å²) in [6.07, 6.45) is 0.781. The van der Waals surface area contributed by atoms with Crippen LogP contribution >= 0.6 is 0 Å². The Bertz CT molecular complexity index is 562. The number of hydrogen-bond donors (Lipinski definition) is 2. The average Bonchev–Trinajstić information content (AvgIpc) is 2.68. The zero-order valence-electron chi connectivity index (χ0n) is 10.4. The van der Waals surface area contributed by atoms with Crippen molar-refractivity contribution in [2.45, 2.75) is 19.8 Å². The number of aliphatic carboxylic acids is 1. The molecule has 5 heteroatoms. The van der Waals surface area contributed by atoms with Crippen molar-refractivity contribution >= 4 is 17.0 Å². The molecule has 0 amide bonds. The van der Waals surface area contributed by atoms with E-state index in [1.165, 1.54) is 0 Å². The molecule has 0 spiro atoms. The number of nitrogens with one attached hydrogen (secondary N) is 1. The lowest BCUT2D eigenvalue weighted by Gasteiger charge is -2.04. The number of methoxy groups -OCH3 is 1. The number of aromatic nitrogens is 2. The van der Waals surface area contributed by atoms with Crippen LogP contribution in [-0.2, 0) is 11.2 Å². The second kappa shape index (κ2) is 5.08.